The molecule has 0 radical (unpaired) electrons. The highest BCUT2D eigenvalue weighted by molar-refractivity contribution is 7.98. The Morgan fingerprint density at radius 3 is 2.22 bits per heavy atom. The first-order valence-electron chi connectivity index (χ1n) is 9.45. The number of aromatic nitrogens is 4. The quantitative estimate of drug-likeness (QED) is 0.337. The minimum Gasteiger partial charge on any atom is -0.467 e. The molecular formula is C22H17F3N4O2S. The lowest BCUT2D eigenvalue weighted by molar-refractivity contribution is -0.137. The average Bonchev–Trinajstić information content (AvgIpc) is 3.26. The number of benzene rings is 2. The Morgan fingerprint density at radius 2 is 1.56 bits per heavy atom. The molecule has 0 bridgehead atoms. The zero-order valence-corrected chi connectivity index (χ0v) is 17.9. The third kappa shape index (κ3) is 5.08. The zero-order valence-electron chi connectivity index (χ0n) is 17.1. The van der Waals surface area contributed by atoms with Gasteiger partial charge in [0.1, 0.15) is 0 Å². The molecule has 0 amide bonds. The van der Waals surface area contributed by atoms with E-state index in [0.29, 0.717) is 17.1 Å². The molecule has 164 valence electrons. The summed E-state index contributed by atoms with van der Waals surface area (Å²) in [4.78, 5) is 14.0. The van der Waals surface area contributed by atoms with Crippen LogP contribution in [0.1, 0.15) is 17.1 Å². The Bertz CT molecular complexity index is 1210. The standard InChI is InChI=1S/C22H17F3N4O2S/c1-13-11-18(27-20(26-13)14-3-7-16(8-4-14)22(23,24)25)30-12-19-28-21(29-31-19)15-5-9-17(32-2)10-6-15/h3-11H,12H2,1-2H3. The van der Waals surface area contributed by atoms with Gasteiger partial charge >= 0.3 is 6.18 Å². The molecule has 32 heavy (non-hydrogen) atoms. The molecule has 2 heterocycles. The van der Waals surface area contributed by atoms with E-state index in [4.69, 9.17) is 9.26 Å². The van der Waals surface area contributed by atoms with Crippen molar-refractivity contribution in [3.8, 4) is 28.7 Å². The van der Waals surface area contributed by atoms with Gasteiger partial charge in [0, 0.05) is 27.8 Å². The number of thioether (sulfide) groups is 1. The van der Waals surface area contributed by atoms with Crippen molar-refractivity contribution in [1.29, 1.82) is 0 Å². The van der Waals surface area contributed by atoms with Crippen LogP contribution in [-0.4, -0.2) is 26.4 Å². The van der Waals surface area contributed by atoms with Crippen molar-refractivity contribution >= 4 is 11.8 Å². The van der Waals surface area contributed by atoms with Gasteiger partial charge in [0.25, 0.3) is 5.89 Å². The fraction of sp³-hybridized carbons (Fsp3) is 0.182. The molecule has 0 aliphatic heterocycles. The molecule has 10 heteroatoms. The SMILES string of the molecule is CSc1ccc(-c2noc(COc3cc(C)nc(-c4ccc(C(F)(F)F)cc4)n3)n2)cc1. The van der Waals surface area contributed by atoms with E-state index < -0.39 is 11.7 Å². The highest BCUT2D eigenvalue weighted by atomic mass is 32.2. The van der Waals surface area contributed by atoms with Crippen LogP contribution in [0.2, 0.25) is 0 Å². The normalized spacial score (nSPS) is 11.5. The number of ether oxygens (including phenoxy) is 1. The van der Waals surface area contributed by atoms with Crippen molar-refractivity contribution in [2.45, 2.75) is 24.6 Å². The maximum atomic E-state index is 12.8. The Morgan fingerprint density at radius 1 is 0.906 bits per heavy atom. The molecule has 4 aromatic rings. The third-order valence-corrected chi connectivity index (χ3v) is 5.20. The van der Waals surface area contributed by atoms with E-state index in [0.717, 1.165) is 22.6 Å². The molecule has 0 saturated carbocycles. The number of alkyl halides is 3. The Kier molecular flexibility index (Phi) is 6.13. The number of rotatable bonds is 6. The third-order valence-electron chi connectivity index (χ3n) is 4.46. The zero-order chi connectivity index (χ0) is 22.7. The molecule has 2 aromatic heterocycles. The molecule has 6 nitrogen and oxygen atoms in total. The minimum absolute atomic E-state index is 0.0151. The summed E-state index contributed by atoms with van der Waals surface area (Å²) in [6, 6.07) is 14.0. The highest BCUT2D eigenvalue weighted by Crippen LogP contribution is 2.30. The second-order valence-electron chi connectivity index (χ2n) is 6.78. The van der Waals surface area contributed by atoms with Crippen molar-refractivity contribution in [3.05, 3.63) is 71.7 Å². The lowest BCUT2D eigenvalue weighted by Gasteiger charge is -2.09. The molecule has 4 rings (SSSR count). The maximum Gasteiger partial charge on any atom is 0.416 e. The van der Waals surface area contributed by atoms with Gasteiger partial charge in [-0.2, -0.15) is 23.1 Å². The summed E-state index contributed by atoms with van der Waals surface area (Å²) >= 11 is 1.64. The van der Waals surface area contributed by atoms with Gasteiger partial charge in [-0.05, 0) is 49.6 Å². The Hall–Kier alpha value is -3.40. The van der Waals surface area contributed by atoms with E-state index in [2.05, 4.69) is 20.1 Å². The van der Waals surface area contributed by atoms with Crippen LogP contribution in [0.5, 0.6) is 5.88 Å². The summed E-state index contributed by atoms with van der Waals surface area (Å²) in [7, 11) is 0. The number of aryl methyl sites for hydroxylation is 1. The number of hydrogen-bond donors (Lipinski definition) is 0. The summed E-state index contributed by atoms with van der Waals surface area (Å²) < 4.78 is 49.3. The van der Waals surface area contributed by atoms with Crippen LogP contribution in [0.25, 0.3) is 22.8 Å². The van der Waals surface area contributed by atoms with Crippen LogP contribution in [0.3, 0.4) is 0 Å². The molecule has 0 unspecified atom stereocenters. The molecule has 0 aliphatic rings. The maximum absolute atomic E-state index is 12.8. The van der Waals surface area contributed by atoms with Crippen molar-refractivity contribution in [2.24, 2.45) is 0 Å². The fourth-order valence-corrected chi connectivity index (χ4v) is 3.27. The lowest BCUT2D eigenvalue weighted by Crippen LogP contribution is -2.04. The minimum atomic E-state index is -4.40. The van der Waals surface area contributed by atoms with Crippen molar-refractivity contribution in [1.82, 2.24) is 20.1 Å². The van der Waals surface area contributed by atoms with Gasteiger partial charge in [-0.3, -0.25) is 0 Å². The smallest absolute Gasteiger partial charge is 0.416 e. The van der Waals surface area contributed by atoms with Gasteiger partial charge < -0.3 is 9.26 Å². The molecule has 0 atom stereocenters. The molecule has 0 saturated heterocycles. The van der Waals surface area contributed by atoms with Crippen LogP contribution in [0.4, 0.5) is 13.2 Å². The number of hydrogen-bond acceptors (Lipinski definition) is 7. The average molecular weight is 458 g/mol. The first-order chi connectivity index (χ1) is 15.3. The molecule has 0 aliphatic carbocycles. The highest BCUT2D eigenvalue weighted by Gasteiger charge is 2.30. The summed E-state index contributed by atoms with van der Waals surface area (Å²) in [5.41, 5.74) is 1.13. The predicted molar refractivity (Wildman–Crippen MR) is 113 cm³/mol. The number of nitrogens with zero attached hydrogens (tertiary/aromatic N) is 4. The monoisotopic (exact) mass is 458 g/mol. The van der Waals surface area contributed by atoms with Crippen LogP contribution < -0.4 is 4.74 Å². The van der Waals surface area contributed by atoms with Gasteiger partial charge in [-0.1, -0.05) is 17.3 Å². The van der Waals surface area contributed by atoms with Gasteiger partial charge in [-0.15, -0.1) is 11.8 Å². The second kappa shape index (κ2) is 8.99. The summed E-state index contributed by atoms with van der Waals surface area (Å²) in [6.45, 7) is 1.73. The number of halogens is 3. The predicted octanol–water partition coefficient (Wildman–Crippen LogP) is 5.82. The second-order valence-corrected chi connectivity index (χ2v) is 7.65. The molecule has 0 N–H and O–H groups in total. The van der Waals surface area contributed by atoms with Crippen LogP contribution in [0, 0.1) is 6.92 Å². The Balaban J connectivity index is 1.47. The van der Waals surface area contributed by atoms with E-state index in [1.165, 1.54) is 12.1 Å². The molecule has 2 aromatic carbocycles. The van der Waals surface area contributed by atoms with Crippen LogP contribution >= 0.6 is 11.8 Å². The fourth-order valence-electron chi connectivity index (χ4n) is 2.86. The van der Waals surface area contributed by atoms with Gasteiger partial charge in [0.05, 0.1) is 5.56 Å². The molecule has 0 fully saturated rings. The topological polar surface area (TPSA) is 73.9 Å². The van der Waals surface area contributed by atoms with Gasteiger partial charge in [0.2, 0.25) is 11.7 Å². The van der Waals surface area contributed by atoms with E-state index in [1.807, 2.05) is 30.5 Å². The summed E-state index contributed by atoms with van der Waals surface area (Å²) in [5, 5.41) is 3.97. The molecule has 0 spiro atoms. The van der Waals surface area contributed by atoms with Crippen molar-refractivity contribution < 1.29 is 22.4 Å². The lowest BCUT2D eigenvalue weighted by atomic mass is 10.1. The largest absolute Gasteiger partial charge is 0.467 e. The first kappa shape index (κ1) is 21.8. The van der Waals surface area contributed by atoms with E-state index in [1.54, 1.807) is 24.8 Å². The van der Waals surface area contributed by atoms with Gasteiger partial charge in [0.15, 0.2) is 12.4 Å². The van der Waals surface area contributed by atoms with Crippen molar-refractivity contribution in [2.75, 3.05) is 6.26 Å². The Labute approximate surface area is 185 Å². The first-order valence-corrected chi connectivity index (χ1v) is 10.7. The van der Waals surface area contributed by atoms with Crippen LogP contribution in [-0.2, 0) is 12.8 Å². The summed E-state index contributed by atoms with van der Waals surface area (Å²) in [6.07, 6.45) is -2.41. The molecular weight excluding hydrogens is 441 g/mol. The van der Waals surface area contributed by atoms with E-state index in [-0.39, 0.29) is 24.2 Å². The summed E-state index contributed by atoms with van der Waals surface area (Å²) in [5.74, 6) is 1.21. The van der Waals surface area contributed by atoms with Crippen LogP contribution in [0.15, 0.2) is 64.0 Å². The van der Waals surface area contributed by atoms with E-state index >= 15 is 0 Å². The van der Waals surface area contributed by atoms with Gasteiger partial charge in [-0.25, -0.2) is 4.98 Å². The van der Waals surface area contributed by atoms with E-state index in [9.17, 15) is 13.2 Å². The van der Waals surface area contributed by atoms with Crippen molar-refractivity contribution in [3.63, 3.8) is 0 Å².